The Labute approximate surface area is 216 Å². The van der Waals surface area contributed by atoms with E-state index in [-0.39, 0.29) is 16.3 Å². The van der Waals surface area contributed by atoms with Crippen LogP contribution in [-0.4, -0.2) is 42.2 Å². The fraction of sp³-hybridized carbons (Fsp3) is 0.259. The third-order valence-electron chi connectivity index (χ3n) is 6.28. The molecule has 0 spiro atoms. The Balaban J connectivity index is 1.62. The predicted molar refractivity (Wildman–Crippen MR) is 139 cm³/mol. The minimum Gasteiger partial charge on any atom is -0.497 e. The summed E-state index contributed by atoms with van der Waals surface area (Å²) in [7, 11) is 0.196. The summed E-state index contributed by atoms with van der Waals surface area (Å²) in [5.74, 6) is 0.633. The molecule has 1 fully saturated rings. The van der Waals surface area contributed by atoms with Crippen LogP contribution in [0.3, 0.4) is 0 Å². The number of hydrogen-bond donors (Lipinski definition) is 1. The van der Waals surface area contributed by atoms with E-state index in [9.17, 15) is 18.5 Å². The van der Waals surface area contributed by atoms with E-state index < -0.39 is 27.9 Å². The third-order valence-corrected chi connectivity index (χ3v) is 8.05. The fourth-order valence-electron chi connectivity index (χ4n) is 3.96. The van der Waals surface area contributed by atoms with Crippen LogP contribution in [0.2, 0.25) is 0 Å². The van der Waals surface area contributed by atoms with E-state index in [1.165, 1.54) is 39.5 Å². The average molecular weight is 522 g/mol. The average Bonchev–Trinajstić information content (AvgIpc) is 3.73. The SMILES string of the molecule is COc1ccc(N(CC(=O)Nc2ccc(C3(C#N)CC3)cc2)S(=O)(=O)c2ccc(OC)c(OC)c2)cc1. The molecule has 10 heteroatoms. The summed E-state index contributed by atoms with van der Waals surface area (Å²) in [5, 5.41) is 12.1. The molecule has 1 amide bonds. The van der Waals surface area contributed by atoms with E-state index in [4.69, 9.17) is 14.2 Å². The van der Waals surface area contributed by atoms with E-state index in [0.29, 0.717) is 17.2 Å². The molecule has 0 radical (unpaired) electrons. The lowest BCUT2D eigenvalue weighted by atomic mass is 9.98. The van der Waals surface area contributed by atoms with Gasteiger partial charge in [-0.3, -0.25) is 9.10 Å². The topological polar surface area (TPSA) is 118 Å². The maximum absolute atomic E-state index is 13.7. The summed E-state index contributed by atoms with van der Waals surface area (Å²) >= 11 is 0. The van der Waals surface area contributed by atoms with Crippen LogP contribution < -0.4 is 23.8 Å². The number of nitrogens with zero attached hydrogens (tertiary/aromatic N) is 2. The van der Waals surface area contributed by atoms with Crippen molar-refractivity contribution in [3.05, 3.63) is 72.3 Å². The first-order valence-corrected chi connectivity index (χ1v) is 12.9. The molecule has 4 rings (SSSR count). The highest BCUT2D eigenvalue weighted by atomic mass is 32.2. The van der Waals surface area contributed by atoms with Gasteiger partial charge in [-0.25, -0.2) is 8.42 Å². The predicted octanol–water partition coefficient (Wildman–Crippen LogP) is 4.10. The Bertz CT molecular complexity index is 1430. The zero-order valence-electron chi connectivity index (χ0n) is 20.7. The Morgan fingerprint density at radius 3 is 2.14 bits per heavy atom. The maximum atomic E-state index is 13.7. The van der Waals surface area contributed by atoms with Gasteiger partial charge in [-0.15, -0.1) is 0 Å². The van der Waals surface area contributed by atoms with Gasteiger partial charge in [-0.1, -0.05) is 12.1 Å². The smallest absolute Gasteiger partial charge is 0.264 e. The van der Waals surface area contributed by atoms with Crippen LogP contribution >= 0.6 is 0 Å². The van der Waals surface area contributed by atoms with Gasteiger partial charge in [0.05, 0.1) is 43.4 Å². The fourth-order valence-corrected chi connectivity index (χ4v) is 5.40. The molecule has 0 heterocycles. The van der Waals surface area contributed by atoms with Crippen molar-refractivity contribution < 1.29 is 27.4 Å². The molecule has 3 aromatic carbocycles. The van der Waals surface area contributed by atoms with E-state index in [1.54, 1.807) is 36.4 Å². The van der Waals surface area contributed by atoms with Crippen molar-refractivity contribution >= 4 is 27.3 Å². The van der Waals surface area contributed by atoms with Gasteiger partial charge < -0.3 is 19.5 Å². The molecule has 0 aliphatic heterocycles. The van der Waals surface area contributed by atoms with Crippen molar-refractivity contribution in [2.75, 3.05) is 37.5 Å². The lowest BCUT2D eigenvalue weighted by Crippen LogP contribution is -2.38. The van der Waals surface area contributed by atoms with Crippen LogP contribution in [0.15, 0.2) is 71.6 Å². The Kier molecular flexibility index (Phi) is 7.27. The lowest BCUT2D eigenvalue weighted by Gasteiger charge is -2.24. The molecule has 192 valence electrons. The summed E-state index contributed by atoms with van der Waals surface area (Å²) in [6.07, 6.45) is 1.64. The number of nitriles is 1. The van der Waals surface area contributed by atoms with Crippen molar-refractivity contribution in [2.24, 2.45) is 0 Å². The number of rotatable bonds is 10. The Hall–Kier alpha value is -4.23. The number of amides is 1. The van der Waals surface area contributed by atoms with Crippen LogP contribution in [0.5, 0.6) is 17.2 Å². The molecule has 37 heavy (non-hydrogen) atoms. The molecule has 0 unspecified atom stereocenters. The molecule has 1 aliphatic rings. The first kappa shape index (κ1) is 25.9. The number of hydrogen-bond acceptors (Lipinski definition) is 7. The van der Waals surface area contributed by atoms with Crippen LogP contribution in [-0.2, 0) is 20.2 Å². The second kappa shape index (κ2) is 10.4. The van der Waals surface area contributed by atoms with Gasteiger partial charge in [0.1, 0.15) is 12.3 Å². The van der Waals surface area contributed by atoms with Crippen LogP contribution in [0.25, 0.3) is 0 Å². The maximum Gasteiger partial charge on any atom is 0.264 e. The molecule has 0 aromatic heterocycles. The first-order valence-electron chi connectivity index (χ1n) is 11.5. The molecule has 1 aliphatic carbocycles. The molecule has 9 nitrogen and oxygen atoms in total. The second-order valence-corrected chi connectivity index (χ2v) is 10.4. The van der Waals surface area contributed by atoms with Gasteiger partial charge in [-0.2, -0.15) is 5.26 Å². The van der Waals surface area contributed by atoms with Crippen molar-refractivity contribution in [2.45, 2.75) is 23.2 Å². The lowest BCUT2D eigenvalue weighted by molar-refractivity contribution is -0.114. The molecule has 0 atom stereocenters. The first-order chi connectivity index (χ1) is 17.8. The highest BCUT2D eigenvalue weighted by molar-refractivity contribution is 7.92. The highest BCUT2D eigenvalue weighted by Crippen LogP contribution is 2.47. The van der Waals surface area contributed by atoms with E-state index in [0.717, 1.165) is 22.7 Å². The van der Waals surface area contributed by atoms with E-state index in [2.05, 4.69) is 11.4 Å². The van der Waals surface area contributed by atoms with Gasteiger partial charge >= 0.3 is 0 Å². The number of nitrogens with one attached hydrogen (secondary N) is 1. The van der Waals surface area contributed by atoms with Crippen LogP contribution in [0, 0.1) is 11.3 Å². The number of carbonyl (C=O) groups excluding carboxylic acids is 1. The molecule has 0 saturated heterocycles. The van der Waals surface area contributed by atoms with Crippen LogP contribution in [0.1, 0.15) is 18.4 Å². The number of methoxy groups -OCH3 is 3. The largest absolute Gasteiger partial charge is 0.497 e. The minimum absolute atomic E-state index is 0.0654. The molecular formula is C27H27N3O6S. The summed E-state index contributed by atoms with van der Waals surface area (Å²) < 4.78 is 44.1. The summed E-state index contributed by atoms with van der Waals surface area (Å²) in [6, 6.07) is 20.0. The number of anilines is 2. The van der Waals surface area contributed by atoms with Gasteiger partial charge in [-0.05, 0) is 66.9 Å². The van der Waals surface area contributed by atoms with Gasteiger partial charge in [0.2, 0.25) is 5.91 Å². The zero-order valence-corrected chi connectivity index (χ0v) is 21.5. The summed E-state index contributed by atoms with van der Waals surface area (Å²) in [5.41, 5.74) is 1.26. The highest BCUT2D eigenvalue weighted by Gasteiger charge is 2.44. The van der Waals surface area contributed by atoms with Gasteiger partial charge in [0, 0.05) is 11.8 Å². The molecule has 1 N–H and O–H groups in total. The number of benzene rings is 3. The van der Waals surface area contributed by atoms with E-state index in [1.807, 2.05) is 12.1 Å². The molecular weight excluding hydrogens is 494 g/mol. The molecule has 3 aromatic rings. The molecule has 1 saturated carbocycles. The monoisotopic (exact) mass is 521 g/mol. The summed E-state index contributed by atoms with van der Waals surface area (Å²) in [4.78, 5) is 13.0. The van der Waals surface area contributed by atoms with E-state index >= 15 is 0 Å². The van der Waals surface area contributed by atoms with Gasteiger partial charge in [0.15, 0.2) is 11.5 Å². The standard InChI is InChI=1S/C27H27N3O6S/c1-34-22-10-8-21(9-11-22)30(37(32,33)23-12-13-24(35-2)25(16-23)36-3)17-26(31)29-20-6-4-19(5-7-20)27(18-28)14-15-27/h4-13,16H,14-15,17H2,1-3H3,(H,29,31). The van der Waals surface area contributed by atoms with Crippen molar-refractivity contribution in [3.63, 3.8) is 0 Å². The normalized spacial score (nSPS) is 13.7. The Morgan fingerprint density at radius 2 is 1.59 bits per heavy atom. The number of carbonyl (C=O) groups is 1. The Morgan fingerprint density at radius 1 is 0.946 bits per heavy atom. The second-order valence-electron chi connectivity index (χ2n) is 8.55. The quantitative estimate of drug-likeness (QED) is 0.427. The van der Waals surface area contributed by atoms with Crippen molar-refractivity contribution in [1.29, 1.82) is 5.26 Å². The third kappa shape index (κ3) is 5.32. The molecule has 0 bridgehead atoms. The zero-order chi connectivity index (χ0) is 26.6. The number of sulfonamides is 1. The van der Waals surface area contributed by atoms with Crippen LogP contribution in [0.4, 0.5) is 11.4 Å². The van der Waals surface area contributed by atoms with Crippen molar-refractivity contribution in [1.82, 2.24) is 0 Å². The number of ether oxygens (including phenoxy) is 3. The minimum atomic E-state index is -4.18. The summed E-state index contributed by atoms with van der Waals surface area (Å²) in [6.45, 7) is -0.479. The van der Waals surface area contributed by atoms with Gasteiger partial charge in [0.25, 0.3) is 10.0 Å². The van der Waals surface area contributed by atoms with Crippen molar-refractivity contribution in [3.8, 4) is 23.3 Å².